The molecule has 5 rings (SSSR count). The molecule has 0 saturated heterocycles. The molecule has 0 spiro atoms. The zero-order valence-electron chi connectivity index (χ0n) is 38.0. The van der Waals surface area contributed by atoms with Crippen LogP contribution in [-0.2, 0) is 25.7 Å². The van der Waals surface area contributed by atoms with Crippen LogP contribution in [-0.4, -0.2) is 52.9 Å². The third-order valence-corrected chi connectivity index (χ3v) is 10.2. The highest BCUT2D eigenvalue weighted by Crippen LogP contribution is 2.42. The maximum atomic E-state index is 6.54. The largest absolute Gasteiger partial charge is 0.493 e. The van der Waals surface area contributed by atoms with Gasteiger partial charge in [0.25, 0.3) is 0 Å². The number of hydrogen-bond donors (Lipinski definition) is 0. The Morgan fingerprint density at radius 1 is 0.233 bits per heavy atom. The quantitative estimate of drug-likeness (QED) is 0.0609. The second kappa shape index (κ2) is 24.5. The maximum absolute atomic E-state index is 6.54. The normalized spacial score (nSPS) is 12.1. The highest BCUT2D eigenvalue weighted by molar-refractivity contribution is 5.59. The molecule has 0 aromatic heterocycles. The van der Waals surface area contributed by atoms with Crippen molar-refractivity contribution in [3.05, 3.63) is 93.0 Å². The van der Waals surface area contributed by atoms with Gasteiger partial charge in [-0.25, -0.2) is 0 Å². The number of benzene rings is 4. The van der Waals surface area contributed by atoms with Crippen molar-refractivity contribution in [2.24, 2.45) is 0 Å². The van der Waals surface area contributed by atoms with E-state index in [4.69, 9.17) is 37.9 Å². The van der Waals surface area contributed by atoms with Gasteiger partial charge in [-0.1, -0.05) is 55.4 Å². The molecule has 8 bridgehead atoms. The van der Waals surface area contributed by atoms with Gasteiger partial charge in [0.05, 0.1) is 52.9 Å². The first-order chi connectivity index (χ1) is 29.4. The van der Waals surface area contributed by atoms with Crippen LogP contribution in [0.25, 0.3) is 0 Å². The molecule has 0 atom stereocenters. The fourth-order valence-electron chi connectivity index (χ4n) is 7.33. The summed E-state index contributed by atoms with van der Waals surface area (Å²) in [6.07, 6.45) is 9.55. The van der Waals surface area contributed by atoms with Crippen LogP contribution >= 0.6 is 0 Å². The van der Waals surface area contributed by atoms with E-state index in [1.165, 1.54) is 0 Å². The zero-order valence-corrected chi connectivity index (χ0v) is 38.0. The van der Waals surface area contributed by atoms with Crippen LogP contribution in [0.5, 0.6) is 46.0 Å². The van der Waals surface area contributed by atoms with E-state index < -0.39 is 0 Å². The Balaban J connectivity index is 1.86. The average Bonchev–Trinajstić information content (AvgIpc) is 3.25. The SMILES string of the molecule is CCCOc1cc(OCCC)c2cc1Cc1cc(c(OCCC)cc1OCCC)Cc1cc(c(OCCC)cc1OCCC)Cc1cc(c(OCCC)cc1OCCC)C2. The molecule has 0 fully saturated rings. The summed E-state index contributed by atoms with van der Waals surface area (Å²) in [5, 5.41) is 0. The van der Waals surface area contributed by atoms with Crippen LogP contribution in [0.15, 0.2) is 48.5 Å². The van der Waals surface area contributed by atoms with Gasteiger partial charge in [-0.3, -0.25) is 0 Å². The van der Waals surface area contributed by atoms with Crippen molar-refractivity contribution < 1.29 is 37.9 Å². The van der Waals surface area contributed by atoms with Crippen molar-refractivity contribution in [3.63, 3.8) is 0 Å². The van der Waals surface area contributed by atoms with E-state index in [1.807, 2.05) is 0 Å². The van der Waals surface area contributed by atoms with E-state index in [-0.39, 0.29) is 0 Å². The molecule has 328 valence electrons. The van der Waals surface area contributed by atoms with E-state index >= 15 is 0 Å². The Labute approximate surface area is 361 Å². The maximum Gasteiger partial charge on any atom is 0.126 e. The number of rotatable bonds is 24. The minimum Gasteiger partial charge on any atom is -0.493 e. The standard InChI is InChI=1S/C52H72O8/c1-9-17-53-45-33-46(54-18-10-2)38-25-37(45)29-39-26-40(48(56-20-12-4)34-47(39)55-19-11-3)31-43-28-44(52(60-24-16-8)36-51(43)59-23-15-7)32-42-27-41(30-38)49(57-21-13-5)35-50(42)58-22-14-6/h25-28,33-36H,9-24,29-32H2,1-8H3. The molecule has 8 heteroatoms. The Bertz CT molecular complexity index is 1540. The van der Waals surface area contributed by atoms with E-state index in [0.29, 0.717) is 78.5 Å². The predicted molar refractivity (Wildman–Crippen MR) is 243 cm³/mol. The molecule has 0 saturated carbocycles. The summed E-state index contributed by atoms with van der Waals surface area (Å²) in [7, 11) is 0. The number of ether oxygens (including phenoxy) is 8. The zero-order chi connectivity index (χ0) is 42.7. The lowest BCUT2D eigenvalue weighted by molar-refractivity contribution is 0.294. The van der Waals surface area contributed by atoms with Gasteiger partial charge in [0.15, 0.2) is 0 Å². The molecule has 0 radical (unpaired) electrons. The first-order valence-corrected chi connectivity index (χ1v) is 23.0. The molecule has 0 N–H and O–H groups in total. The van der Waals surface area contributed by atoms with Gasteiger partial charge >= 0.3 is 0 Å². The predicted octanol–water partition coefficient (Wildman–Crippen LogP) is 12.7. The van der Waals surface area contributed by atoms with E-state index in [1.54, 1.807) is 0 Å². The smallest absolute Gasteiger partial charge is 0.126 e. The van der Waals surface area contributed by atoms with Crippen molar-refractivity contribution in [2.75, 3.05) is 52.9 Å². The average molecular weight is 825 g/mol. The van der Waals surface area contributed by atoms with Gasteiger partial charge in [-0.05, 0) is 120 Å². The van der Waals surface area contributed by atoms with Crippen molar-refractivity contribution in [2.45, 2.75) is 132 Å². The molecule has 0 unspecified atom stereocenters. The van der Waals surface area contributed by atoms with Gasteiger partial charge in [-0.2, -0.15) is 0 Å². The highest BCUT2D eigenvalue weighted by Gasteiger charge is 2.24. The van der Waals surface area contributed by atoms with Crippen molar-refractivity contribution >= 4 is 0 Å². The van der Waals surface area contributed by atoms with E-state index in [0.717, 1.165) is 142 Å². The Morgan fingerprint density at radius 3 is 0.483 bits per heavy atom. The second-order valence-electron chi connectivity index (χ2n) is 15.8. The Kier molecular flexibility index (Phi) is 18.9. The topological polar surface area (TPSA) is 73.8 Å². The molecular weight excluding hydrogens is 753 g/mol. The summed E-state index contributed by atoms with van der Waals surface area (Å²) in [6, 6.07) is 17.6. The van der Waals surface area contributed by atoms with Crippen molar-refractivity contribution in [1.29, 1.82) is 0 Å². The number of fused-ring (bicyclic) bond motifs is 8. The van der Waals surface area contributed by atoms with Crippen LogP contribution in [0, 0.1) is 0 Å². The third-order valence-electron chi connectivity index (χ3n) is 10.2. The van der Waals surface area contributed by atoms with Gasteiger partial charge in [0, 0.05) is 49.9 Å². The van der Waals surface area contributed by atoms with E-state index in [9.17, 15) is 0 Å². The summed E-state index contributed by atoms with van der Waals surface area (Å²) >= 11 is 0. The lowest BCUT2D eigenvalue weighted by Crippen LogP contribution is -2.10. The molecule has 4 aromatic carbocycles. The van der Waals surface area contributed by atoms with Gasteiger partial charge < -0.3 is 37.9 Å². The van der Waals surface area contributed by atoms with Crippen LogP contribution < -0.4 is 37.9 Å². The second-order valence-corrected chi connectivity index (χ2v) is 15.8. The lowest BCUT2D eigenvalue weighted by atomic mass is 9.91. The Morgan fingerprint density at radius 2 is 0.367 bits per heavy atom. The minimum atomic E-state index is 0.600. The molecule has 0 aliphatic heterocycles. The van der Waals surface area contributed by atoms with Crippen LogP contribution in [0.3, 0.4) is 0 Å². The third kappa shape index (κ3) is 12.7. The number of hydrogen-bond acceptors (Lipinski definition) is 8. The van der Waals surface area contributed by atoms with Crippen LogP contribution in [0.1, 0.15) is 151 Å². The fourth-order valence-corrected chi connectivity index (χ4v) is 7.33. The minimum absolute atomic E-state index is 0.600. The van der Waals surface area contributed by atoms with E-state index in [2.05, 4.69) is 104 Å². The van der Waals surface area contributed by atoms with Crippen molar-refractivity contribution in [1.82, 2.24) is 0 Å². The van der Waals surface area contributed by atoms with Crippen molar-refractivity contribution in [3.8, 4) is 46.0 Å². The van der Waals surface area contributed by atoms with Gasteiger partial charge in [0.2, 0.25) is 0 Å². The van der Waals surface area contributed by atoms with Crippen LogP contribution in [0.4, 0.5) is 0 Å². The molecule has 0 amide bonds. The molecule has 1 aliphatic carbocycles. The lowest BCUT2D eigenvalue weighted by Gasteiger charge is -2.23. The highest BCUT2D eigenvalue weighted by atomic mass is 16.5. The fraction of sp³-hybridized carbons (Fsp3) is 0.538. The summed E-state index contributed by atoms with van der Waals surface area (Å²) in [5.74, 6) is 6.64. The molecule has 4 aromatic rings. The van der Waals surface area contributed by atoms with Gasteiger partial charge in [-0.15, -0.1) is 0 Å². The first-order valence-electron chi connectivity index (χ1n) is 23.0. The summed E-state index contributed by atoms with van der Waals surface area (Å²) in [5.41, 5.74) is 8.63. The Hall–Kier alpha value is -4.72. The van der Waals surface area contributed by atoms with Gasteiger partial charge in [0.1, 0.15) is 46.0 Å². The monoisotopic (exact) mass is 825 g/mol. The summed E-state index contributed by atoms with van der Waals surface area (Å²) in [4.78, 5) is 0. The first kappa shape index (κ1) is 46.3. The summed E-state index contributed by atoms with van der Waals surface area (Å²) < 4.78 is 52.3. The molecule has 8 nitrogen and oxygen atoms in total. The molecular formula is C52H72O8. The van der Waals surface area contributed by atoms with Crippen LogP contribution in [0.2, 0.25) is 0 Å². The molecule has 0 heterocycles. The molecule has 60 heavy (non-hydrogen) atoms. The summed E-state index contributed by atoms with van der Waals surface area (Å²) in [6.45, 7) is 21.9. The molecule has 1 aliphatic rings.